The highest BCUT2D eigenvalue weighted by molar-refractivity contribution is 5.95. The van der Waals surface area contributed by atoms with Crippen molar-refractivity contribution in [2.75, 3.05) is 26.3 Å². The SMILES string of the molecule is O=C1C2CCCN2C(=O)CN1C1CCOCC1. The molecule has 3 rings (SSSR count). The molecule has 3 fully saturated rings. The minimum absolute atomic E-state index is 0.124. The highest BCUT2D eigenvalue weighted by Gasteiger charge is 2.44. The fourth-order valence-corrected chi connectivity index (χ4v) is 3.13. The van der Waals surface area contributed by atoms with E-state index in [1.54, 1.807) is 9.80 Å². The van der Waals surface area contributed by atoms with Crippen LogP contribution < -0.4 is 0 Å². The number of rotatable bonds is 1. The lowest BCUT2D eigenvalue weighted by Crippen LogP contribution is -2.60. The van der Waals surface area contributed by atoms with Gasteiger partial charge >= 0.3 is 0 Å². The number of carbonyl (C=O) groups is 2. The van der Waals surface area contributed by atoms with E-state index in [2.05, 4.69) is 0 Å². The molecule has 0 saturated carbocycles. The van der Waals surface area contributed by atoms with Crippen LogP contribution in [0.5, 0.6) is 0 Å². The summed E-state index contributed by atoms with van der Waals surface area (Å²) in [7, 11) is 0. The summed E-state index contributed by atoms with van der Waals surface area (Å²) in [6, 6.07) is 0.0436. The number of hydrogen-bond acceptors (Lipinski definition) is 3. The second-order valence-electron chi connectivity index (χ2n) is 5.05. The molecule has 0 N–H and O–H groups in total. The summed E-state index contributed by atoms with van der Waals surface area (Å²) >= 11 is 0. The Kier molecular flexibility index (Phi) is 2.78. The van der Waals surface area contributed by atoms with Crippen LogP contribution in [0, 0.1) is 0 Å². The Morgan fingerprint density at radius 2 is 1.82 bits per heavy atom. The van der Waals surface area contributed by atoms with E-state index in [-0.39, 0.29) is 30.4 Å². The molecule has 1 atom stereocenters. The monoisotopic (exact) mass is 238 g/mol. The van der Waals surface area contributed by atoms with E-state index in [9.17, 15) is 9.59 Å². The highest BCUT2D eigenvalue weighted by atomic mass is 16.5. The first-order valence-electron chi connectivity index (χ1n) is 6.45. The molecule has 3 saturated heterocycles. The quantitative estimate of drug-likeness (QED) is 0.646. The average Bonchev–Trinajstić information content (AvgIpc) is 2.85. The summed E-state index contributed by atoms with van der Waals surface area (Å²) in [5.74, 6) is 0.285. The largest absolute Gasteiger partial charge is 0.381 e. The topological polar surface area (TPSA) is 49.9 Å². The number of ether oxygens (including phenoxy) is 1. The lowest BCUT2D eigenvalue weighted by Gasteiger charge is -2.41. The van der Waals surface area contributed by atoms with E-state index in [1.165, 1.54) is 0 Å². The Labute approximate surface area is 101 Å². The molecular weight excluding hydrogens is 220 g/mol. The molecule has 17 heavy (non-hydrogen) atoms. The second-order valence-corrected chi connectivity index (χ2v) is 5.05. The zero-order chi connectivity index (χ0) is 11.8. The van der Waals surface area contributed by atoms with Crippen LogP contribution in [0.25, 0.3) is 0 Å². The second kappa shape index (κ2) is 4.29. The standard InChI is InChI=1S/C12H18N2O3/c15-11-8-14(9-3-6-17-7-4-9)12(16)10-2-1-5-13(10)11/h9-10H,1-8H2. The van der Waals surface area contributed by atoms with Crippen molar-refractivity contribution >= 4 is 11.8 Å². The van der Waals surface area contributed by atoms with E-state index in [0.29, 0.717) is 13.2 Å². The molecule has 5 heteroatoms. The third kappa shape index (κ3) is 1.82. The van der Waals surface area contributed by atoms with Crippen LogP contribution in [0.15, 0.2) is 0 Å². The van der Waals surface area contributed by atoms with Gasteiger partial charge in [-0.3, -0.25) is 9.59 Å². The molecule has 0 aromatic rings. The summed E-state index contributed by atoms with van der Waals surface area (Å²) in [4.78, 5) is 27.9. The van der Waals surface area contributed by atoms with E-state index >= 15 is 0 Å². The van der Waals surface area contributed by atoms with Gasteiger partial charge in [0.25, 0.3) is 0 Å². The third-order valence-corrected chi connectivity index (χ3v) is 4.08. The molecule has 5 nitrogen and oxygen atoms in total. The van der Waals surface area contributed by atoms with Crippen molar-refractivity contribution in [2.24, 2.45) is 0 Å². The zero-order valence-electron chi connectivity index (χ0n) is 9.93. The fraction of sp³-hybridized carbons (Fsp3) is 0.833. The molecule has 0 bridgehead atoms. The predicted octanol–water partition coefficient (Wildman–Crippen LogP) is -0.00140. The lowest BCUT2D eigenvalue weighted by molar-refractivity contribution is -0.157. The first kappa shape index (κ1) is 11.0. The summed E-state index contributed by atoms with van der Waals surface area (Å²) in [6.45, 7) is 2.45. The van der Waals surface area contributed by atoms with Gasteiger partial charge in [0, 0.05) is 25.8 Å². The average molecular weight is 238 g/mol. The smallest absolute Gasteiger partial charge is 0.246 e. The van der Waals surface area contributed by atoms with Crippen LogP contribution in [0.4, 0.5) is 0 Å². The molecule has 0 aromatic carbocycles. The number of piperazine rings is 1. The van der Waals surface area contributed by atoms with Crippen LogP contribution in [0.2, 0.25) is 0 Å². The van der Waals surface area contributed by atoms with Crippen LogP contribution in [0.3, 0.4) is 0 Å². The summed E-state index contributed by atoms with van der Waals surface area (Å²) in [6.07, 6.45) is 3.53. The van der Waals surface area contributed by atoms with Crippen LogP contribution >= 0.6 is 0 Å². The van der Waals surface area contributed by atoms with Crippen molar-refractivity contribution < 1.29 is 14.3 Å². The van der Waals surface area contributed by atoms with Gasteiger partial charge in [0.15, 0.2) is 0 Å². The number of carbonyl (C=O) groups excluding carboxylic acids is 2. The van der Waals surface area contributed by atoms with Gasteiger partial charge in [-0.2, -0.15) is 0 Å². The molecule has 1 unspecified atom stereocenters. The van der Waals surface area contributed by atoms with Gasteiger partial charge in [0.2, 0.25) is 11.8 Å². The Morgan fingerprint density at radius 3 is 2.59 bits per heavy atom. The Balaban J connectivity index is 1.76. The number of amides is 2. The number of hydrogen-bond donors (Lipinski definition) is 0. The lowest BCUT2D eigenvalue weighted by atomic mass is 10.0. The Bertz CT molecular complexity index is 339. The third-order valence-electron chi connectivity index (χ3n) is 4.08. The highest BCUT2D eigenvalue weighted by Crippen LogP contribution is 2.27. The Morgan fingerprint density at radius 1 is 1.06 bits per heavy atom. The van der Waals surface area contributed by atoms with Crippen molar-refractivity contribution in [1.82, 2.24) is 9.80 Å². The molecule has 2 amide bonds. The van der Waals surface area contributed by atoms with Gasteiger partial charge in [-0.25, -0.2) is 0 Å². The van der Waals surface area contributed by atoms with Gasteiger partial charge in [0.1, 0.15) is 12.6 Å². The zero-order valence-corrected chi connectivity index (χ0v) is 9.93. The van der Waals surface area contributed by atoms with Crippen molar-refractivity contribution in [1.29, 1.82) is 0 Å². The normalized spacial score (nSPS) is 30.9. The van der Waals surface area contributed by atoms with Gasteiger partial charge < -0.3 is 14.5 Å². The van der Waals surface area contributed by atoms with Crippen molar-refractivity contribution in [3.63, 3.8) is 0 Å². The molecule has 3 heterocycles. The summed E-state index contributed by atoms with van der Waals surface area (Å²) in [5.41, 5.74) is 0. The van der Waals surface area contributed by atoms with Crippen molar-refractivity contribution in [3.8, 4) is 0 Å². The van der Waals surface area contributed by atoms with Crippen LogP contribution in [-0.4, -0.2) is 60.0 Å². The van der Waals surface area contributed by atoms with Gasteiger partial charge in [-0.15, -0.1) is 0 Å². The molecule has 3 aliphatic heterocycles. The van der Waals surface area contributed by atoms with E-state index in [0.717, 1.165) is 32.2 Å². The molecule has 3 aliphatic rings. The maximum Gasteiger partial charge on any atom is 0.246 e. The molecule has 0 radical (unpaired) electrons. The van der Waals surface area contributed by atoms with E-state index < -0.39 is 0 Å². The summed E-state index contributed by atoms with van der Waals surface area (Å²) < 4.78 is 5.31. The van der Waals surface area contributed by atoms with Crippen molar-refractivity contribution in [2.45, 2.75) is 37.8 Å². The number of fused-ring (bicyclic) bond motifs is 1. The van der Waals surface area contributed by atoms with Crippen molar-refractivity contribution in [3.05, 3.63) is 0 Å². The summed E-state index contributed by atoms with van der Waals surface area (Å²) in [5, 5.41) is 0. The van der Waals surface area contributed by atoms with Crippen LogP contribution in [0.1, 0.15) is 25.7 Å². The maximum absolute atomic E-state index is 12.3. The maximum atomic E-state index is 12.3. The minimum atomic E-state index is -0.168. The molecular formula is C12H18N2O3. The Hall–Kier alpha value is -1.10. The molecule has 0 spiro atoms. The minimum Gasteiger partial charge on any atom is -0.381 e. The van der Waals surface area contributed by atoms with E-state index in [1.807, 2.05) is 0 Å². The molecule has 0 aliphatic carbocycles. The van der Waals surface area contributed by atoms with Gasteiger partial charge in [-0.1, -0.05) is 0 Å². The fourth-order valence-electron chi connectivity index (χ4n) is 3.13. The van der Waals surface area contributed by atoms with E-state index in [4.69, 9.17) is 4.74 Å². The van der Waals surface area contributed by atoms with Gasteiger partial charge in [-0.05, 0) is 25.7 Å². The predicted molar refractivity (Wildman–Crippen MR) is 60.3 cm³/mol. The molecule has 94 valence electrons. The number of nitrogens with zero attached hydrogens (tertiary/aromatic N) is 2. The first-order valence-corrected chi connectivity index (χ1v) is 6.45. The van der Waals surface area contributed by atoms with Crippen LogP contribution in [-0.2, 0) is 14.3 Å². The van der Waals surface area contributed by atoms with Gasteiger partial charge in [0.05, 0.1) is 0 Å². The first-order chi connectivity index (χ1) is 8.27. The molecule has 0 aromatic heterocycles.